The topological polar surface area (TPSA) is 96.9 Å². The number of nitrogens with zero attached hydrogens (tertiary/aromatic N) is 1. The van der Waals surface area contributed by atoms with Crippen LogP contribution in [-0.2, 0) is 9.53 Å². The van der Waals surface area contributed by atoms with E-state index in [4.69, 9.17) is 0 Å². The van der Waals surface area contributed by atoms with Crippen LogP contribution < -0.4 is 10.7 Å². The molecule has 7 nitrogen and oxygen atoms in total. The quantitative estimate of drug-likeness (QED) is 0.469. The van der Waals surface area contributed by atoms with Gasteiger partial charge in [0.15, 0.2) is 0 Å². The van der Waals surface area contributed by atoms with Crippen molar-refractivity contribution in [3.05, 3.63) is 70.8 Å². The van der Waals surface area contributed by atoms with Gasteiger partial charge in [0.1, 0.15) is 0 Å². The highest BCUT2D eigenvalue weighted by atomic mass is 16.5. The summed E-state index contributed by atoms with van der Waals surface area (Å²) >= 11 is 0. The number of benzene rings is 2. The molecule has 7 heteroatoms. The zero-order chi connectivity index (χ0) is 18.9. The molecule has 2 N–H and O–H groups in total. The lowest BCUT2D eigenvalue weighted by molar-refractivity contribution is -0.120. The summed E-state index contributed by atoms with van der Waals surface area (Å²) in [6.07, 6.45) is 1.43. The molecule has 0 unspecified atom stereocenters. The van der Waals surface area contributed by atoms with Gasteiger partial charge in [-0.3, -0.25) is 9.59 Å². The van der Waals surface area contributed by atoms with Gasteiger partial charge in [0, 0.05) is 5.56 Å². The average Bonchev–Trinajstić information content (AvgIpc) is 2.66. The number of amides is 2. The second-order valence-electron chi connectivity index (χ2n) is 5.46. The molecule has 0 saturated heterocycles. The van der Waals surface area contributed by atoms with E-state index in [1.807, 2.05) is 13.0 Å². The Kier molecular flexibility index (Phi) is 6.61. The van der Waals surface area contributed by atoms with Crippen LogP contribution in [0.3, 0.4) is 0 Å². The largest absolute Gasteiger partial charge is 0.465 e. The highest BCUT2D eigenvalue weighted by Gasteiger charge is 2.07. The van der Waals surface area contributed by atoms with Crippen molar-refractivity contribution in [1.29, 1.82) is 0 Å². The Morgan fingerprint density at radius 2 is 1.81 bits per heavy atom. The smallest absolute Gasteiger partial charge is 0.337 e. The predicted molar refractivity (Wildman–Crippen MR) is 97.0 cm³/mol. The number of methoxy groups -OCH3 is 1. The van der Waals surface area contributed by atoms with Crippen molar-refractivity contribution in [3.8, 4) is 0 Å². The van der Waals surface area contributed by atoms with Crippen molar-refractivity contribution in [2.75, 3.05) is 13.7 Å². The number of aryl methyl sites for hydroxylation is 1. The van der Waals surface area contributed by atoms with E-state index >= 15 is 0 Å². The SMILES string of the molecule is COC(=O)c1ccc(C=NNC(=O)CNC(=O)c2cccc(C)c2)cc1. The summed E-state index contributed by atoms with van der Waals surface area (Å²) in [5, 5.41) is 6.33. The second-order valence-corrected chi connectivity index (χ2v) is 5.46. The van der Waals surface area contributed by atoms with Gasteiger partial charge in [0.2, 0.25) is 0 Å². The fourth-order valence-corrected chi connectivity index (χ4v) is 2.09. The number of ether oxygens (including phenoxy) is 1. The maximum Gasteiger partial charge on any atom is 0.337 e. The van der Waals surface area contributed by atoms with Crippen LogP contribution in [0.5, 0.6) is 0 Å². The monoisotopic (exact) mass is 353 g/mol. The summed E-state index contributed by atoms with van der Waals surface area (Å²) in [5.74, 6) is -1.20. The van der Waals surface area contributed by atoms with Crippen LogP contribution in [0.4, 0.5) is 0 Å². The Bertz CT molecular complexity index is 829. The molecule has 0 fully saturated rings. The number of hydrazone groups is 1. The summed E-state index contributed by atoms with van der Waals surface area (Å²) in [4.78, 5) is 35.0. The number of rotatable bonds is 6. The molecular weight excluding hydrogens is 334 g/mol. The molecule has 0 aliphatic heterocycles. The van der Waals surface area contributed by atoms with E-state index in [2.05, 4.69) is 20.6 Å². The van der Waals surface area contributed by atoms with Crippen LogP contribution in [0.15, 0.2) is 53.6 Å². The predicted octanol–water partition coefficient (Wildman–Crippen LogP) is 1.66. The Morgan fingerprint density at radius 1 is 1.08 bits per heavy atom. The fourth-order valence-electron chi connectivity index (χ4n) is 2.09. The Balaban J connectivity index is 1.80. The molecular formula is C19H19N3O4. The van der Waals surface area contributed by atoms with Crippen LogP contribution in [0, 0.1) is 6.92 Å². The molecule has 2 aromatic carbocycles. The highest BCUT2D eigenvalue weighted by molar-refractivity contribution is 5.96. The first-order valence-electron chi connectivity index (χ1n) is 7.85. The molecule has 0 atom stereocenters. The summed E-state index contributed by atoms with van der Waals surface area (Å²) in [6.45, 7) is 1.70. The summed E-state index contributed by atoms with van der Waals surface area (Å²) in [5.41, 5.74) is 4.90. The van der Waals surface area contributed by atoms with Crippen molar-refractivity contribution >= 4 is 24.0 Å². The molecule has 0 aliphatic rings. The third-order valence-electron chi connectivity index (χ3n) is 3.42. The van der Waals surface area contributed by atoms with E-state index < -0.39 is 11.9 Å². The zero-order valence-electron chi connectivity index (χ0n) is 14.5. The Labute approximate surface area is 151 Å². The number of hydrogen-bond donors (Lipinski definition) is 2. The van der Waals surface area contributed by atoms with E-state index in [1.54, 1.807) is 42.5 Å². The average molecular weight is 353 g/mol. The van der Waals surface area contributed by atoms with Gasteiger partial charge in [-0.1, -0.05) is 29.8 Å². The lowest BCUT2D eigenvalue weighted by Crippen LogP contribution is -2.34. The number of nitrogens with one attached hydrogen (secondary N) is 2. The Hall–Kier alpha value is -3.48. The molecule has 0 spiro atoms. The van der Waals surface area contributed by atoms with Gasteiger partial charge in [0.05, 0.1) is 25.4 Å². The maximum absolute atomic E-state index is 11.9. The van der Waals surface area contributed by atoms with Crippen LogP contribution in [-0.4, -0.2) is 37.7 Å². The third-order valence-corrected chi connectivity index (χ3v) is 3.42. The molecule has 0 radical (unpaired) electrons. The molecule has 134 valence electrons. The second kappa shape index (κ2) is 9.12. The summed E-state index contributed by atoms with van der Waals surface area (Å²) in [6, 6.07) is 13.6. The van der Waals surface area contributed by atoms with E-state index in [9.17, 15) is 14.4 Å². The van der Waals surface area contributed by atoms with Crippen LogP contribution >= 0.6 is 0 Å². The maximum atomic E-state index is 11.9. The normalized spacial score (nSPS) is 10.4. The standard InChI is InChI=1S/C19H19N3O4/c1-13-4-3-5-16(10-13)18(24)20-12-17(23)22-21-11-14-6-8-15(9-7-14)19(25)26-2/h3-11H,12H2,1-2H3,(H,20,24)(H,22,23). The minimum atomic E-state index is -0.451. The first kappa shape index (κ1) is 18.9. The first-order chi connectivity index (χ1) is 12.5. The van der Waals surface area contributed by atoms with Crippen molar-refractivity contribution < 1.29 is 19.1 Å². The molecule has 2 amide bonds. The molecule has 0 aliphatic carbocycles. The van der Waals surface area contributed by atoms with Gasteiger partial charge < -0.3 is 10.1 Å². The van der Waals surface area contributed by atoms with Crippen molar-refractivity contribution in [2.24, 2.45) is 5.10 Å². The van der Waals surface area contributed by atoms with E-state index in [0.717, 1.165) is 5.56 Å². The minimum Gasteiger partial charge on any atom is -0.465 e. The van der Waals surface area contributed by atoms with Gasteiger partial charge in [-0.25, -0.2) is 10.2 Å². The van der Waals surface area contributed by atoms with Crippen LogP contribution in [0.25, 0.3) is 0 Å². The van der Waals surface area contributed by atoms with Crippen LogP contribution in [0.2, 0.25) is 0 Å². The number of carbonyl (C=O) groups excluding carboxylic acids is 3. The number of carbonyl (C=O) groups is 3. The van der Waals surface area contributed by atoms with Crippen LogP contribution in [0.1, 0.15) is 31.8 Å². The van der Waals surface area contributed by atoms with Gasteiger partial charge >= 0.3 is 5.97 Å². The number of hydrogen-bond acceptors (Lipinski definition) is 5. The molecule has 0 bridgehead atoms. The Morgan fingerprint density at radius 3 is 2.46 bits per heavy atom. The molecule has 2 rings (SSSR count). The lowest BCUT2D eigenvalue weighted by Gasteiger charge is -2.05. The van der Waals surface area contributed by atoms with Gasteiger partial charge in [-0.05, 0) is 36.8 Å². The van der Waals surface area contributed by atoms with E-state index in [1.165, 1.54) is 13.3 Å². The fraction of sp³-hybridized carbons (Fsp3) is 0.158. The number of esters is 1. The van der Waals surface area contributed by atoms with Gasteiger partial charge in [-0.15, -0.1) is 0 Å². The van der Waals surface area contributed by atoms with E-state index in [0.29, 0.717) is 16.7 Å². The highest BCUT2D eigenvalue weighted by Crippen LogP contribution is 2.04. The third kappa shape index (κ3) is 5.55. The molecule has 2 aromatic rings. The zero-order valence-corrected chi connectivity index (χ0v) is 14.5. The molecule has 26 heavy (non-hydrogen) atoms. The molecule has 0 saturated carbocycles. The van der Waals surface area contributed by atoms with Crippen molar-refractivity contribution in [2.45, 2.75) is 6.92 Å². The minimum absolute atomic E-state index is 0.189. The van der Waals surface area contributed by atoms with Crippen molar-refractivity contribution in [1.82, 2.24) is 10.7 Å². The van der Waals surface area contributed by atoms with Gasteiger partial charge in [-0.2, -0.15) is 5.10 Å². The first-order valence-corrected chi connectivity index (χ1v) is 7.85. The van der Waals surface area contributed by atoms with E-state index in [-0.39, 0.29) is 12.5 Å². The van der Waals surface area contributed by atoms with Gasteiger partial charge in [0.25, 0.3) is 11.8 Å². The summed E-state index contributed by atoms with van der Waals surface area (Å²) < 4.78 is 4.61. The van der Waals surface area contributed by atoms with Crippen molar-refractivity contribution in [3.63, 3.8) is 0 Å². The lowest BCUT2D eigenvalue weighted by atomic mass is 10.1. The summed E-state index contributed by atoms with van der Waals surface area (Å²) in [7, 11) is 1.31. The molecule has 0 heterocycles. The molecule has 0 aromatic heterocycles.